The summed E-state index contributed by atoms with van der Waals surface area (Å²) >= 11 is 6.22. The average molecular weight is 289 g/mol. The van der Waals surface area contributed by atoms with Gasteiger partial charge >= 0.3 is 0 Å². The molecule has 106 valence electrons. The lowest BCUT2D eigenvalue weighted by molar-refractivity contribution is 0.521. The number of hydrogen-bond acceptors (Lipinski definition) is 2. The van der Waals surface area contributed by atoms with Gasteiger partial charge in [-0.3, -0.25) is 11.3 Å². The van der Waals surface area contributed by atoms with Gasteiger partial charge in [0.25, 0.3) is 0 Å². The van der Waals surface area contributed by atoms with Gasteiger partial charge in [0, 0.05) is 11.1 Å². The van der Waals surface area contributed by atoms with Crippen LogP contribution in [0, 0.1) is 13.8 Å². The van der Waals surface area contributed by atoms with Gasteiger partial charge in [-0.15, -0.1) is 0 Å². The summed E-state index contributed by atoms with van der Waals surface area (Å²) in [6, 6.07) is 14.6. The maximum Gasteiger partial charge on any atom is 0.0438 e. The summed E-state index contributed by atoms with van der Waals surface area (Å²) in [7, 11) is 0. The van der Waals surface area contributed by atoms with Crippen LogP contribution >= 0.6 is 11.6 Å². The summed E-state index contributed by atoms with van der Waals surface area (Å²) in [6.07, 6.45) is 1.72. The molecule has 2 rings (SSSR count). The molecule has 0 fully saturated rings. The summed E-state index contributed by atoms with van der Waals surface area (Å²) in [5, 5.41) is 0.800. The third-order valence-corrected chi connectivity index (χ3v) is 4.00. The summed E-state index contributed by atoms with van der Waals surface area (Å²) in [5.41, 5.74) is 7.95. The Morgan fingerprint density at radius 1 is 1.05 bits per heavy atom. The SMILES string of the molecule is Cc1ccc(C)c(CC(Cc2ccccc2Cl)NN)c1. The molecule has 0 aromatic heterocycles. The highest BCUT2D eigenvalue weighted by Gasteiger charge is 2.12. The van der Waals surface area contributed by atoms with Gasteiger partial charge in [-0.05, 0) is 49.4 Å². The minimum absolute atomic E-state index is 0.176. The zero-order valence-corrected chi connectivity index (χ0v) is 12.7. The van der Waals surface area contributed by atoms with Crippen molar-refractivity contribution in [3.63, 3.8) is 0 Å². The van der Waals surface area contributed by atoms with Crippen LogP contribution in [0.2, 0.25) is 5.02 Å². The fourth-order valence-corrected chi connectivity index (χ4v) is 2.62. The molecule has 1 atom stereocenters. The van der Waals surface area contributed by atoms with Crippen molar-refractivity contribution in [3.05, 3.63) is 69.7 Å². The molecule has 0 aliphatic carbocycles. The Labute approximate surface area is 125 Å². The van der Waals surface area contributed by atoms with E-state index in [-0.39, 0.29) is 6.04 Å². The van der Waals surface area contributed by atoms with E-state index in [1.54, 1.807) is 0 Å². The van der Waals surface area contributed by atoms with Crippen LogP contribution in [0.4, 0.5) is 0 Å². The van der Waals surface area contributed by atoms with E-state index in [4.69, 9.17) is 17.4 Å². The molecular formula is C17H21ClN2. The maximum absolute atomic E-state index is 6.22. The zero-order chi connectivity index (χ0) is 14.5. The monoisotopic (exact) mass is 288 g/mol. The number of aryl methyl sites for hydroxylation is 2. The first kappa shape index (κ1) is 15.0. The molecule has 3 heteroatoms. The van der Waals surface area contributed by atoms with Crippen molar-refractivity contribution in [2.45, 2.75) is 32.7 Å². The summed E-state index contributed by atoms with van der Waals surface area (Å²) in [6.45, 7) is 4.25. The van der Waals surface area contributed by atoms with Gasteiger partial charge in [-0.2, -0.15) is 0 Å². The van der Waals surface area contributed by atoms with Crippen LogP contribution in [0.5, 0.6) is 0 Å². The first-order valence-electron chi connectivity index (χ1n) is 6.86. The number of halogens is 1. The first-order chi connectivity index (χ1) is 9.60. The van der Waals surface area contributed by atoms with Crippen LogP contribution in [-0.2, 0) is 12.8 Å². The van der Waals surface area contributed by atoms with Crippen molar-refractivity contribution in [2.75, 3.05) is 0 Å². The molecule has 0 radical (unpaired) electrons. The third-order valence-electron chi connectivity index (χ3n) is 3.63. The Morgan fingerprint density at radius 2 is 1.75 bits per heavy atom. The largest absolute Gasteiger partial charge is 0.271 e. The summed E-state index contributed by atoms with van der Waals surface area (Å²) in [5.74, 6) is 5.71. The van der Waals surface area contributed by atoms with Gasteiger partial charge < -0.3 is 0 Å². The normalized spacial score (nSPS) is 12.4. The second kappa shape index (κ2) is 6.89. The molecule has 0 amide bonds. The topological polar surface area (TPSA) is 38.0 Å². The second-order valence-corrected chi connectivity index (χ2v) is 5.70. The predicted molar refractivity (Wildman–Crippen MR) is 85.9 cm³/mol. The molecule has 0 spiro atoms. The van der Waals surface area contributed by atoms with Crippen LogP contribution in [0.1, 0.15) is 22.3 Å². The van der Waals surface area contributed by atoms with Gasteiger partial charge in [0.05, 0.1) is 0 Å². The second-order valence-electron chi connectivity index (χ2n) is 5.29. The van der Waals surface area contributed by atoms with E-state index in [2.05, 4.69) is 43.5 Å². The summed E-state index contributed by atoms with van der Waals surface area (Å²) < 4.78 is 0. The molecule has 0 bridgehead atoms. The maximum atomic E-state index is 6.22. The lowest BCUT2D eigenvalue weighted by atomic mass is 9.95. The minimum atomic E-state index is 0.176. The summed E-state index contributed by atoms with van der Waals surface area (Å²) in [4.78, 5) is 0. The third kappa shape index (κ3) is 3.83. The van der Waals surface area contributed by atoms with Crippen molar-refractivity contribution in [1.82, 2.24) is 5.43 Å². The Kier molecular flexibility index (Phi) is 5.18. The Morgan fingerprint density at radius 3 is 2.45 bits per heavy atom. The number of nitrogens with one attached hydrogen (secondary N) is 1. The molecule has 0 heterocycles. The van der Waals surface area contributed by atoms with Crippen LogP contribution in [-0.4, -0.2) is 6.04 Å². The molecule has 20 heavy (non-hydrogen) atoms. The standard InChI is InChI=1S/C17H21ClN2/c1-12-7-8-13(2)15(9-12)11-16(20-19)10-14-5-3-4-6-17(14)18/h3-9,16,20H,10-11,19H2,1-2H3. The zero-order valence-electron chi connectivity index (χ0n) is 12.0. The van der Waals surface area contributed by atoms with Crippen molar-refractivity contribution in [1.29, 1.82) is 0 Å². The lowest BCUT2D eigenvalue weighted by Gasteiger charge is -2.18. The van der Waals surface area contributed by atoms with E-state index < -0.39 is 0 Å². The van der Waals surface area contributed by atoms with Gasteiger partial charge in [-0.1, -0.05) is 53.6 Å². The van der Waals surface area contributed by atoms with Crippen molar-refractivity contribution in [2.24, 2.45) is 5.84 Å². The molecule has 0 saturated heterocycles. The highest BCUT2D eigenvalue weighted by atomic mass is 35.5. The van der Waals surface area contributed by atoms with E-state index in [1.807, 2.05) is 18.2 Å². The fraction of sp³-hybridized carbons (Fsp3) is 0.294. The number of nitrogens with two attached hydrogens (primary N) is 1. The molecule has 2 aromatic rings. The smallest absolute Gasteiger partial charge is 0.0438 e. The fourth-order valence-electron chi connectivity index (χ4n) is 2.41. The van der Waals surface area contributed by atoms with Crippen molar-refractivity contribution >= 4 is 11.6 Å². The Bertz CT molecular complexity index is 581. The Balaban J connectivity index is 2.13. The first-order valence-corrected chi connectivity index (χ1v) is 7.23. The Hall–Kier alpha value is -1.35. The van der Waals surface area contributed by atoms with Crippen LogP contribution in [0.25, 0.3) is 0 Å². The van der Waals surface area contributed by atoms with E-state index in [0.717, 1.165) is 23.4 Å². The quantitative estimate of drug-likeness (QED) is 0.652. The molecule has 0 aliphatic heterocycles. The molecular weight excluding hydrogens is 268 g/mol. The number of hydrazine groups is 1. The van der Waals surface area contributed by atoms with Crippen molar-refractivity contribution < 1.29 is 0 Å². The number of rotatable bonds is 5. The van der Waals surface area contributed by atoms with E-state index in [1.165, 1.54) is 16.7 Å². The lowest BCUT2D eigenvalue weighted by Crippen LogP contribution is -2.38. The molecule has 2 nitrogen and oxygen atoms in total. The van der Waals surface area contributed by atoms with E-state index in [9.17, 15) is 0 Å². The van der Waals surface area contributed by atoms with Gasteiger partial charge in [0.1, 0.15) is 0 Å². The van der Waals surface area contributed by atoms with Crippen LogP contribution < -0.4 is 11.3 Å². The van der Waals surface area contributed by atoms with Gasteiger partial charge in [0.2, 0.25) is 0 Å². The number of hydrogen-bond donors (Lipinski definition) is 2. The number of benzene rings is 2. The van der Waals surface area contributed by atoms with Crippen molar-refractivity contribution in [3.8, 4) is 0 Å². The molecule has 0 saturated carbocycles. The average Bonchev–Trinajstić information content (AvgIpc) is 2.44. The van der Waals surface area contributed by atoms with E-state index in [0.29, 0.717) is 0 Å². The highest BCUT2D eigenvalue weighted by Crippen LogP contribution is 2.19. The van der Waals surface area contributed by atoms with Crippen LogP contribution in [0.15, 0.2) is 42.5 Å². The molecule has 0 aliphatic rings. The molecule has 3 N–H and O–H groups in total. The van der Waals surface area contributed by atoms with E-state index >= 15 is 0 Å². The predicted octanol–water partition coefficient (Wildman–Crippen LogP) is 3.57. The highest BCUT2D eigenvalue weighted by molar-refractivity contribution is 6.31. The van der Waals surface area contributed by atoms with Crippen LogP contribution in [0.3, 0.4) is 0 Å². The molecule has 2 aromatic carbocycles. The minimum Gasteiger partial charge on any atom is -0.271 e. The van der Waals surface area contributed by atoms with Gasteiger partial charge in [-0.25, -0.2) is 0 Å². The molecule has 1 unspecified atom stereocenters. The van der Waals surface area contributed by atoms with Gasteiger partial charge in [0.15, 0.2) is 0 Å².